The zero-order chi connectivity index (χ0) is 23.0. The SMILES string of the molecule is CC(C)(Oc1ccc(Cn2ncn(-c3ccc(C(F)(F)F)cc3)c2=O)cc1F)C(=O)O. The van der Waals surface area contributed by atoms with E-state index in [9.17, 15) is 27.2 Å². The molecule has 0 atom stereocenters. The fraction of sp³-hybridized carbons (Fsp3) is 0.250. The molecule has 2 aromatic carbocycles. The van der Waals surface area contributed by atoms with Crippen LogP contribution in [0.25, 0.3) is 5.69 Å². The monoisotopic (exact) mass is 439 g/mol. The van der Waals surface area contributed by atoms with E-state index in [4.69, 9.17) is 9.84 Å². The summed E-state index contributed by atoms with van der Waals surface area (Å²) in [5.74, 6) is -2.35. The normalized spacial score (nSPS) is 12.1. The van der Waals surface area contributed by atoms with Gasteiger partial charge in [0.25, 0.3) is 0 Å². The molecule has 0 amide bonds. The third-order valence-corrected chi connectivity index (χ3v) is 4.41. The van der Waals surface area contributed by atoms with Crippen molar-refractivity contribution >= 4 is 5.97 Å². The average Bonchev–Trinajstić information content (AvgIpc) is 3.03. The number of benzene rings is 2. The van der Waals surface area contributed by atoms with Gasteiger partial charge in [-0.1, -0.05) is 6.07 Å². The smallest absolute Gasteiger partial charge is 0.416 e. The van der Waals surface area contributed by atoms with Crippen molar-refractivity contribution in [1.29, 1.82) is 0 Å². The lowest BCUT2D eigenvalue weighted by Gasteiger charge is -2.21. The number of aliphatic carboxylic acids is 1. The molecule has 0 bridgehead atoms. The molecule has 0 radical (unpaired) electrons. The van der Waals surface area contributed by atoms with Crippen molar-refractivity contribution in [3.05, 3.63) is 76.2 Å². The van der Waals surface area contributed by atoms with Crippen LogP contribution in [0.2, 0.25) is 0 Å². The molecule has 31 heavy (non-hydrogen) atoms. The molecule has 0 saturated carbocycles. The van der Waals surface area contributed by atoms with Gasteiger partial charge in [-0.3, -0.25) is 0 Å². The minimum absolute atomic E-state index is 0.119. The Hall–Kier alpha value is -3.63. The predicted molar refractivity (Wildman–Crippen MR) is 101 cm³/mol. The lowest BCUT2D eigenvalue weighted by Crippen LogP contribution is -2.38. The zero-order valence-electron chi connectivity index (χ0n) is 16.4. The summed E-state index contributed by atoms with van der Waals surface area (Å²) in [5.41, 5.74) is -2.58. The molecular weight excluding hydrogens is 422 g/mol. The second-order valence-electron chi connectivity index (χ2n) is 7.17. The maximum atomic E-state index is 14.3. The first-order chi connectivity index (χ1) is 14.4. The molecule has 0 aliphatic carbocycles. The number of carboxylic acid groups (broad SMARTS) is 1. The maximum absolute atomic E-state index is 14.3. The van der Waals surface area contributed by atoms with E-state index in [2.05, 4.69) is 5.10 Å². The Balaban J connectivity index is 1.80. The first-order valence-electron chi connectivity index (χ1n) is 8.91. The van der Waals surface area contributed by atoms with Crippen LogP contribution in [-0.2, 0) is 17.5 Å². The molecule has 0 aliphatic heterocycles. The maximum Gasteiger partial charge on any atom is 0.416 e. The number of alkyl halides is 3. The lowest BCUT2D eigenvalue weighted by molar-refractivity contribution is -0.152. The van der Waals surface area contributed by atoms with Crippen LogP contribution in [0.15, 0.2) is 53.6 Å². The van der Waals surface area contributed by atoms with Gasteiger partial charge in [0.15, 0.2) is 17.2 Å². The second-order valence-corrected chi connectivity index (χ2v) is 7.17. The molecule has 0 fully saturated rings. The summed E-state index contributed by atoms with van der Waals surface area (Å²) in [7, 11) is 0. The molecule has 1 heterocycles. The third-order valence-electron chi connectivity index (χ3n) is 4.41. The third kappa shape index (κ3) is 4.76. The predicted octanol–water partition coefficient (Wildman–Crippen LogP) is 3.48. The molecule has 164 valence electrons. The highest BCUT2D eigenvalue weighted by molar-refractivity contribution is 5.76. The Morgan fingerprint density at radius 3 is 2.32 bits per heavy atom. The first-order valence-corrected chi connectivity index (χ1v) is 8.91. The van der Waals surface area contributed by atoms with Crippen LogP contribution < -0.4 is 10.4 Å². The average molecular weight is 439 g/mol. The van der Waals surface area contributed by atoms with Gasteiger partial charge in [0, 0.05) is 0 Å². The van der Waals surface area contributed by atoms with Gasteiger partial charge in [-0.15, -0.1) is 0 Å². The summed E-state index contributed by atoms with van der Waals surface area (Å²) >= 11 is 0. The number of ether oxygens (including phenoxy) is 1. The van der Waals surface area contributed by atoms with Crippen LogP contribution in [0.3, 0.4) is 0 Å². The largest absolute Gasteiger partial charge is 0.478 e. The van der Waals surface area contributed by atoms with Gasteiger partial charge in [-0.2, -0.15) is 18.3 Å². The number of rotatable bonds is 6. The summed E-state index contributed by atoms with van der Waals surface area (Å²) in [6.45, 7) is 2.43. The van der Waals surface area contributed by atoms with E-state index >= 15 is 0 Å². The lowest BCUT2D eigenvalue weighted by atomic mass is 10.1. The van der Waals surface area contributed by atoms with E-state index < -0.39 is 34.8 Å². The van der Waals surface area contributed by atoms with Gasteiger partial charge in [0.05, 0.1) is 17.8 Å². The van der Waals surface area contributed by atoms with E-state index in [0.29, 0.717) is 5.56 Å². The van der Waals surface area contributed by atoms with Crippen LogP contribution in [0, 0.1) is 5.82 Å². The standard InChI is InChI=1S/C20H17F4N3O4/c1-19(2,17(28)29)31-16-8-3-12(9-15(16)21)10-27-18(30)26(11-25-27)14-6-4-13(5-7-14)20(22,23)24/h3-9,11H,10H2,1-2H3,(H,28,29). The number of hydrogen-bond donors (Lipinski definition) is 1. The van der Waals surface area contributed by atoms with E-state index in [-0.39, 0.29) is 18.0 Å². The van der Waals surface area contributed by atoms with Crippen molar-refractivity contribution in [2.75, 3.05) is 0 Å². The van der Waals surface area contributed by atoms with E-state index in [0.717, 1.165) is 45.9 Å². The molecule has 0 aliphatic rings. The van der Waals surface area contributed by atoms with Gasteiger partial charge in [-0.25, -0.2) is 23.2 Å². The first kappa shape index (κ1) is 22.1. The minimum Gasteiger partial charge on any atom is -0.478 e. The quantitative estimate of drug-likeness (QED) is 0.595. The highest BCUT2D eigenvalue weighted by Crippen LogP contribution is 2.29. The van der Waals surface area contributed by atoms with Crippen LogP contribution in [0.5, 0.6) is 5.75 Å². The van der Waals surface area contributed by atoms with Crippen LogP contribution in [0.1, 0.15) is 25.0 Å². The highest BCUT2D eigenvalue weighted by Gasteiger charge is 2.31. The topological polar surface area (TPSA) is 86.4 Å². The molecule has 0 unspecified atom stereocenters. The van der Waals surface area contributed by atoms with Crippen molar-refractivity contribution in [2.45, 2.75) is 32.2 Å². The van der Waals surface area contributed by atoms with Gasteiger partial charge in [-0.05, 0) is 55.8 Å². The zero-order valence-corrected chi connectivity index (χ0v) is 16.4. The molecule has 1 N–H and O–H groups in total. The molecule has 3 aromatic rings. The fourth-order valence-corrected chi connectivity index (χ4v) is 2.65. The molecule has 0 spiro atoms. The van der Waals surface area contributed by atoms with Gasteiger partial charge in [0.1, 0.15) is 6.33 Å². The van der Waals surface area contributed by atoms with E-state index in [1.807, 2.05) is 0 Å². The number of hydrogen-bond acceptors (Lipinski definition) is 4. The summed E-state index contributed by atoms with van der Waals surface area (Å²) in [6.07, 6.45) is -3.35. The number of halogens is 4. The Morgan fingerprint density at radius 1 is 1.13 bits per heavy atom. The van der Waals surface area contributed by atoms with Crippen LogP contribution in [0.4, 0.5) is 17.6 Å². The summed E-state index contributed by atoms with van der Waals surface area (Å²) in [4.78, 5) is 23.6. The molecule has 11 heteroatoms. The molecular formula is C20H17F4N3O4. The van der Waals surface area contributed by atoms with E-state index in [1.165, 1.54) is 26.0 Å². The Morgan fingerprint density at radius 2 is 1.77 bits per heavy atom. The van der Waals surface area contributed by atoms with Gasteiger partial charge in [0.2, 0.25) is 0 Å². The number of carboxylic acids is 1. The summed E-state index contributed by atoms with van der Waals surface area (Å²) in [6, 6.07) is 7.76. The Kier molecular flexibility index (Phi) is 5.62. The van der Waals surface area contributed by atoms with Crippen molar-refractivity contribution in [1.82, 2.24) is 14.3 Å². The molecule has 0 saturated heterocycles. The fourth-order valence-electron chi connectivity index (χ4n) is 2.65. The number of nitrogens with zero attached hydrogens (tertiary/aromatic N) is 3. The van der Waals surface area contributed by atoms with Gasteiger partial charge < -0.3 is 9.84 Å². The Bertz CT molecular complexity index is 1160. The van der Waals surface area contributed by atoms with Crippen molar-refractivity contribution < 1.29 is 32.2 Å². The Labute approximate surface area is 173 Å². The molecule has 7 nitrogen and oxygen atoms in total. The number of aromatic nitrogens is 3. The van der Waals surface area contributed by atoms with E-state index in [1.54, 1.807) is 0 Å². The number of carbonyl (C=O) groups is 1. The van der Waals surface area contributed by atoms with Crippen LogP contribution in [-0.4, -0.2) is 31.0 Å². The second kappa shape index (κ2) is 7.89. The summed E-state index contributed by atoms with van der Waals surface area (Å²) < 4.78 is 59.6. The molecule has 3 rings (SSSR count). The van der Waals surface area contributed by atoms with Crippen molar-refractivity contribution in [3.63, 3.8) is 0 Å². The van der Waals surface area contributed by atoms with Gasteiger partial charge >= 0.3 is 17.8 Å². The highest BCUT2D eigenvalue weighted by atomic mass is 19.4. The van der Waals surface area contributed by atoms with Crippen molar-refractivity contribution in [3.8, 4) is 11.4 Å². The summed E-state index contributed by atoms with van der Waals surface area (Å²) in [5, 5.41) is 13.0. The molecule has 1 aromatic heterocycles. The van der Waals surface area contributed by atoms with Crippen molar-refractivity contribution in [2.24, 2.45) is 0 Å². The minimum atomic E-state index is -4.49. The van der Waals surface area contributed by atoms with Crippen LogP contribution >= 0.6 is 0 Å².